The van der Waals surface area contributed by atoms with Crippen LogP contribution >= 0.6 is 0 Å². The minimum absolute atomic E-state index is 0.173. The fourth-order valence-electron chi connectivity index (χ4n) is 4.19. The van der Waals surface area contributed by atoms with E-state index in [0.29, 0.717) is 36.8 Å². The van der Waals surface area contributed by atoms with Gasteiger partial charge in [-0.15, -0.1) is 0 Å². The Kier molecular flexibility index (Phi) is 7.48. The van der Waals surface area contributed by atoms with Gasteiger partial charge in [0.1, 0.15) is 18.2 Å². The first kappa shape index (κ1) is 24.5. The van der Waals surface area contributed by atoms with E-state index < -0.39 is 0 Å². The summed E-state index contributed by atoms with van der Waals surface area (Å²) in [5.74, 6) is -0.238. The summed E-state index contributed by atoms with van der Waals surface area (Å²) < 4.78 is 26.8. The molecule has 1 saturated heterocycles. The van der Waals surface area contributed by atoms with Gasteiger partial charge in [-0.25, -0.2) is 4.39 Å². The maximum Gasteiger partial charge on any atom is 0.259 e. The SMILES string of the molecule is Cn1cc(-c2cc(OCc3ccc(F)cc3)c(C(=O)Nc3ccnnc3)cc2CN2CCOCC2)cn1. The fraction of sp³-hybridized carbons (Fsp3) is 0.259. The largest absolute Gasteiger partial charge is 0.488 e. The highest BCUT2D eigenvalue weighted by Crippen LogP contribution is 2.33. The van der Waals surface area contributed by atoms with Crippen LogP contribution in [0.15, 0.2) is 67.3 Å². The normalized spacial score (nSPS) is 13.9. The number of aryl methyl sites for hydroxylation is 1. The third-order valence-corrected chi connectivity index (χ3v) is 6.11. The Hall–Kier alpha value is -4.15. The van der Waals surface area contributed by atoms with Crippen molar-refractivity contribution in [2.24, 2.45) is 7.05 Å². The molecule has 9 nitrogen and oxygen atoms in total. The van der Waals surface area contributed by atoms with Crippen molar-refractivity contribution in [3.05, 3.63) is 89.8 Å². The Labute approximate surface area is 213 Å². The summed E-state index contributed by atoms with van der Waals surface area (Å²) in [7, 11) is 1.86. The van der Waals surface area contributed by atoms with Gasteiger partial charge in [0.05, 0.1) is 43.1 Å². The van der Waals surface area contributed by atoms with Crippen LogP contribution in [-0.4, -0.2) is 57.1 Å². The molecule has 0 spiro atoms. The highest BCUT2D eigenvalue weighted by molar-refractivity contribution is 6.06. The van der Waals surface area contributed by atoms with Crippen molar-refractivity contribution in [2.45, 2.75) is 13.2 Å². The van der Waals surface area contributed by atoms with E-state index in [0.717, 1.165) is 35.3 Å². The number of amides is 1. The smallest absolute Gasteiger partial charge is 0.259 e. The quantitative estimate of drug-likeness (QED) is 0.393. The minimum atomic E-state index is -0.330. The van der Waals surface area contributed by atoms with Crippen LogP contribution in [0.5, 0.6) is 5.75 Å². The van der Waals surface area contributed by atoms with Gasteiger partial charge in [0.15, 0.2) is 0 Å². The lowest BCUT2D eigenvalue weighted by atomic mass is 9.97. The van der Waals surface area contributed by atoms with Gasteiger partial charge < -0.3 is 14.8 Å². The maximum absolute atomic E-state index is 13.4. The maximum atomic E-state index is 13.4. The minimum Gasteiger partial charge on any atom is -0.488 e. The van der Waals surface area contributed by atoms with Crippen LogP contribution in [0.4, 0.5) is 10.1 Å². The number of aromatic nitrogens is 4. The number of rotatable bonds is 8. The zero-order valence-electron chi connectivity index (χ0n) is 20.4. The lowest BCUT2D eigenvalue weighted by molar-refractivity contribution is 0.0342. The van der Waals surface area contributed by atoms with Crippen molar-refractivity contribution in [1.29, 1.82) is 0 Å². The molecule has 1 N–H and O–H groups in total. The summed E-state index contributed by atoms with van der Waals surface area (Å²) in [5, 5.41) is 14.8. The van der Waals surface area contributed by atoms with Crippen LogP contribution in [0.25, 0.3) is 11.1 Å². The monoisotopic (exact) mass is 502 g/mol. The number of hydrogen-bond acceptors (Lipinski definition) is 7. The van der Waals surface area contributed by atoms with E-state index in [2.05, 4.69) is 25.5 Å². The second kappa shape index (κ2) is 11.3. The molecule has 0 atom stereocenters. The van der Waals surface area contributed by atoms with Crippen LogP contribution in [0.3, 0.4) is 0 Å². The zero-order chi connectivity index (χ0) is 25.6. The summed E-state index contributed by atoms with van der Waals surface area (Å²) in [6, 6.07) is 11.5. The van der Waals surface area contributed by atoms with Crippen LogP contribution in [0.1, 0.15) is 21.5 Å². The average molecular weight is 503 g/mol. The zero-order valence-corrected chi connectivity index (χ0v) is 20.4. The number of anilines is 1. The Balaban J connectivity index is 1.53. The van der Waals surface area contributed by atoms with Crippen molar-refractivity contribution >= 4 is 11.6 Å². The summed E-state index contributed by atoms with van der Waals surface area (Å²) in [4.78, 5) is 15.7. The highest BCUT2D eigenvalue weighted by Gasteiger charge is 2.21. The van der Waals surface area contributed by atoms with E-state index in [9.17, 15) is 9.18 Å². The van der Waals surface area contributed by atoms with E-state index >= 15 is 0 Å². The van der Waals surface area contributed by atoms with Crippen molar-refractivity contribution in [3.63, 3.8) is 0 Å². The van der Waals surface area contributed by atoms with Crippen molar-refractivity contribution < 1.29 is 18.7 Å². The Morgan fingerprint density at radius 2 is 1.92 bits per heavy atom. The number of benzene rings is 2. The lowest BCUT2D eigenvalue weighted by Crippen LogP contribution is -2.35. The predicted molar refractivity (Wildman–Crippen MR) is 135 cm³/mol. The van der Waals surface area contributed by atoms with Gasteiger partial charge >= 0.3 is 0 Å². The highest BCUT2D eigenvalue weighted by atomic mass is 19.1. The molecule has 0 radical (unpaired) electrons. The summed E-state index contributed by atoms with van der Waals surface area (Å²) >= 11 is 0. The number of nitrogens with zero attached hydrogens (tertiary/aromatic N) is 5. The van der Waals surface area contributed by atoms with Crippen LogP contribution < -0.4 is 10.1 Å². The number of hydrogen-bond donors (Lipinski definition) is 1. The van der Waals surface area contributed by atoms with Gasteiger partial charge in [-0.1, -0.05) is 12.1 Å². The molecule has 2 aromatic carbocycles. The first-order valence-corrected chi connectivity index (χ1v) is 12.0. The van der Waals surface area contributed by atoms with Crippen LogP contribution in [0, 0.1) is 5.82 Å². The predicted octanol–water partition coefficient (Wildman–Crippen LogP) is 3.68. The summed E-state index contributed by atoms with van der Waals surface area (Å²) in [6.07, 6.45) is 6.72. The van der Waals surface area contributed by atoms with Crippen LogP contribution in [0.2, 0.25) is 0 Å². The third kappa shape index (κ3) is 6.16. The molecular weight excluding hydrogens is 475 g/mol. The molecule has 1 amide bonds. The first-order valence-electron chi connectivity index (χ1n) is 12.0. The molecule has 3 heterocycles. The molecule has 37 heavy (non-hydrogen) atoms. The summed E-state index contributed by atoms with van der Waals surface area (Å²) in [6.45, 7) is 3.77. The molecule has 4 aromatic rings. The van der Waals surface area contributed by atoms with Gasteiger partial charge in [-0.2, -0.15) is 15.3 Å². The lowest BCUT2D eigenvalue weighted by Gasteiger charge is -2.28. The molecule has 190 valence electrons. The van der Waals surface area contributed by atoms with Crippen molar-refractivity contribution in [2.75, 3.05) is 31.6 Å². The number of morpholine rings is 1. The Bertz CT molecular complexity index is 1350. The molecule has 0 unspecified atom stereocenters. The van der Waals surface area contributed by atoms with Gasteiger partial charge in [0, 0.05) is 38.4 Å². The van der Waals surface area contributed by atoms with E-state index in [1.54, 1.807) is 29.1 Å². The molecule has 0 aliphatic carbocycles. The van der Waals surface area contributed by atoms with Gasteiger partial charge in [0.2, 0.25) is 0 Å². The molecule has 1 fully saturated rings. The van der Waals surface area contributed by atoms with Crippen molar-refractivity contribution in [3.8, 4) is 16.9 Å². The molecule has 10 heteroatoms. The van der Waals surface area contributed by atoms with Crippen molar-refractivity contribution in [1.82, 2.24) is 24.9 Å². The van der Waals surface area contributed by atoms with E-state index in [1.807, 2.05) is 25.4 Å². The van der Waals surface area contributed by atoms with Gasteiger partial charge in [-0.3, -0.25) is 14.4 Å². The van der Waals surface area contributed by atoms with E-state index in [1.165, 1.54) is 24.5 Å². The molecule has 1 aliphatic rings. The standard InChI is InChI=1S/C27H27FN6O3/c1-33-16-21(14-31-33)24-13-26(37-18-19-2-4-22(28)5-3-19)25(27(35)32-23-6-7-29-30-15-23)12-20(24)17-34-8-10-36-11-9-34/h2-7,12-16H,8-11,17-18H2,1H3,(H,29,32,35). The van der Waals surface area contributed by atoms with E-state index in [-0.39, 0.29) is 18.3 Å². The number of halogens is 1. The topological polar surface area (TPSA) is 94.4 Å². The number of nitrogens with one attached hydrogen (secondary N) is 1. The molecular formula is C27H27FN6O3. The first-order chi connectivity index (χ1) is 18.0. The number of carbonyl (C=O) groups is 1. The van der Waals surface area contributed by atoms with Crippen LogP contribution in [-0.2, 0) is 24.9 Å². The molecule has 0 bridgehead atoms. The average Bonchev–Trinajstić information content (AvgIpc) is 3.35. The Morgan fingerprint density at radius 3 is 2.62 bits per heavy atom. The molecule has 2 aromatic heterocycles. The van der Waals surface area contributed by atoms with Gasteiger partial charge in [-0.05, 0) is 47.0 Å². The fourth-order valence-corrected chi connectivity index (χ4v) is 4.19. The van der Waals surface area contributed by atoms with E-state index in [4.69, 9.17) is 9.47 Å². The van der Waals surface area contributed by atoms with Gasteiger partial charge in [0.25, 0.3) is 5.91 Å². The summed E-state index contributed by atoms with van der Waals surface area (Å²) in [5.41, 5.74) is 4.51. The third-order valence-electron chi connectivity index (χ3n) is 6.11. The number of ether oxygens (including phenoxy) is 2. The molecule has 5 rings (SSSR count). The molecule has 0 saturated carbocycles. The number of carbonyl (C=O) groups excluding carboxylic acids is 1. The Morgan fingerprint density at radius 1 is 1.11 bits per heavy atom. The second-order valence-corrected chi connectivity index (χ2v) is 8.80. The molecule has 1 aliphatic heterocycles. The second-order valence-electron chi connectivity index (χ2n) is 8.80.